The Morgan fingerprint density at radius 1 is 1.23 bits per heavy atom. The molecule has 2 atom stereocenters. The van der Waals surface area contributed by atoms with Crippen molar-refractivity contribution in [2.24, 2.45) is 0 Å². The molecule has 1 aliphatic heterocycles. The van der Waals surface area contributed by atoms with Crippen LogP contribution in [0.1, 0.15) is 52.5 Å². The maximum Gasteiger partial charge on any atom is 0.277 e. The molecule has 0 fully saturated rings. The number of benzene rings is 1. The molecule has 154 valence electrons. The van der Waals surface area contributed by atoms with E-state index in [1.165, 1.54) is 28.9 Å². The lowest BCUT2D eigenvalue weighted by molar-refractivity contribution is 0.0939. The number of hydrogen-bond donors (Lipinski definition) is 1. The number of anilines is 2. The minimum absolute atomic E-state index is 0.0785. The van der Waals surface area contributed by atoms with E-state index in [-0.39, 0.29) is 23.0 Å². The van der Waals surface area contributed by atoms with E-state index < -0.39 is 23.8 Å². The first-order chi connectivity index (χ1) is 14.3. The van der Waals surface area contributed by atoms with Crippen LogP contribution in [0.2, 0.25) is 0 Å². The molecular formula is C21H19F2N5O2. The summed E-state index contributed by atoms with van der Waals surface area (Å²) in [6, 6.07) is 7.57. The van der Waals surface area contributed by atoms with E-state index in [1.807, 2.05) is 6.92 Å². The first-order valence-corrected chi connectivity index (χ1v) is 9.40. The number of alkyl halides is 1. The van der Waals surface area contributed by atoms with Crippen LogP contribution in [0.25, 0.3) is 0 Å². The first-order valence-electron chi connectivity index (χ1n) is 9.40. The van der Waals surface area contributed by atoms with Crippen LogP contribution in [0.5, 0.6) is 0 Å². The number of fused-ring (bicyclic) bond motifs is 1. The number of aromatic nitrogens is 3. The number of nitrogens with zero attached hydrogens (tertiary/aromatic N) is 4. The van der Waals surface area contributed by atoms with Crippen LogP contribution < -0.4 is 10.2 Å². The second-order valence-corrected chi connectivity index (χ2v) is 7.17. The summed E-state index contributed by atoms with van der Waals surface area (Å²) in [7, 11) is 0. The Morgan fingerprint density at radius 2 is 1.97 bits per heavy atom. The van der Waals surface area contributed by atoms with Gasteiger partial charge in [-0.25, -0.2) is 8.78 Å². The van der Waals surface area contributed by atoms with Crippen LogP contribution in [0.15, 0.2) is 48.9 Å². The minimum Gasteiger partial charge on any atom is -0.320 e. The molecule has 1 N–H and O–H groups in total. The van der Waals surface area contributed by atoms with Gasteiger partial charge in [0.1, 0.15) is 17.7 Å². The standard InChI is InChI=1S/C21H19F2N5O2/c1-12-11-27(17-5-3-14(4-6-17)13(2)22)21(30)19-18(10-25-28(12)19)20(29)26-16-7-15(23)8-24-9-16/h3-10,12-13H,11H2,1-2H3,(H,26,29). The second-order valence-electron chi connectivity index (χ2n) is 7.17. The molecule has 1 aliphatic rings. The van der Waals surface area contributed by atoms with E-state index in [0.29, 0.717) is 17.8 Å². The maximum absolute atomic E-state index is 13.5. The number of nitrogens with one attached hydrogen (secondary N) is 1. The smallest absolute Gasteiger partial charge is 0.277 e. The van der Waals surface area contributed by atoms with Gasteiger partial charge in [-0.15, -0.1) is 0 Å². The topological polar surface area (TPSA) is 80.1 Å². The van der Waals surface area contributed by atoms with Crippen molar-refractivity contribution in [3.63, 3.8) is 0 Å². The Morgan fingerprint density at radius 3 is 2.63 bits per heavy atom. The molecule has 2 unspecified atom stereocenters. The molecule has 0 saturated heterocycles. The number of rotatable bonds is 4. The van der Waals surface area contributed by atoms with Crippen LogP contribution in [0, 0.1) is 5.82 Å². The van der Waals surface area contributed by atoms with E-state index in [1.54, 1.807) is 24.3 Å². The van der Waals surface area contributed by atoms with E-state index in [9.17, 15) is 18.4 Å². The van der Waals surface area contributed by atoms with E-state index in [4.69, 9.17) is 0 Å². The van der Waals surface area contributed by atoms with E-state index >= 15 is 0 Å². The van der Waals surface area contributed by atoms with Crippen molar-refractivity contribution in [1.29, 1.82) is 0 Å². The highest BCUT2D eigenvalue weighted by Crippen LogP contribution is 2.29. The first kappa shape index (κ1) is 19.7. The van der Waals surface area contributed by atoms with Gasteiger partial charge in [-0.2, -0.15) is 5.10 Å². The van der Waals surface area contributed by atoms with Gasteiger partial charge in [-0.05, 0) is 31.5 Å². The average molecular weight is 411 g/mol. The zero-order chi connectivity index (χ0) is 21.4. The minimum atomic E-state index is -1.11. The molecule has 9 heteroatoms. The number of carbonyl (C=O) groups excluding carboxylic acids is 2. The van der Waals surface area contributed by atoms with Crippen molar-refractivity contribution < 1.29 is 18.4 Å². The third kappa shape index (κ3) is 3.54. The molecular weight excluding hydrogens is 392 g/mol. The zero-order valence-corrected chi connectivity index (χ0v) is 16.3. The highest BCUT2D eigenvalue weighted by molar-refractivity contribution is 6.15. The maximum atomic E-state index is 13.5. The normalized spacial score (nSPS) is 16.9. The number of amides is 2. The lowest BCUT2D eigenvalue weighted by atomic mass is 10.1. The van der Waals surface area contributed by atoms with E-state index in [0.717, 1.165) is 12.3 Å². The van der Waals surface area contributed by atoms with Crippen molar-refractivity contribution in [2.45, 2.75) is 26.1 Å². The molecule has 0 saturated carbocycles. The molecule has 7 nitrogen and oxygen atoms in total. The molecule has 1 aromatic carbocycles. The summed E-state index contributed by atoms with van der Waals surface area (Å²) in [5, 5.41) is 6.74. The van der Waals surface area contributed by atoms with Gasteiger partial charge in [0.15, 0.2) is 0 Å². The summed E-state index contributed by atoms with van der Waals surface area (Å²) < 4.78 is 28.3. The summed E-state index contributed by atoms with van der Waals surface area (Å²) in [6.07, 6.45) is 2.55. The fourth-order valence-corrected chi connectivity index (χ4v) is 3.45. The van der Waals surface area contributed by atoms with Crippen molar-refractivity contribution in [3.05, 3.63) is 71.6 Å². The predicted octanol–water partition coefficient (Wildman–Crippen LogP) is 3.92. The molecule has 0 bridgehead atoms. The molecule has 0 aliphatic carbocycles. The molecule has 3 aromatic rings. The van der Waals surface area contributed by atoms with Crippen LogP contribution in [0.3, 0.4) is 0 Å². The Hall–Kier alpha value is -3.62. The van der Waals surface area contributed by atoms with Gasteiger partial charge in [0.05, 0.1) is 35.9 Å². The van der Waals surface area contributed by atoms with Crippen molar-refractivity contribution >= 4 is 23.2 Å². The van der Waals surface area contributed by atoms with Gasteiger partial charge in [0.25, 0.3) is 11.8 Å². The lowest BCUT2D eigenvalue weighted by Crippen LogP contribution is -2.43. The highest BCUT2D eigenvalue weighted by atomic mass is 19.1. The third-order valence-electron chi connectivity index (χ3n) is 4.98. The van der Waals surface area contributed by atoms with Crippen LogP contribution in [-0.4, -0.2) is 33.1 Å². The summed E-state index contributed by atoms with van der Waals surface area (Å²) in [6.45, 7) is 3.68. The summed E-state index contributed by atoms with van der Waals surface area (Å²) in [5.41, 5.74) is 1.51. The summed E-state index contributed by atoms with van der Waals surface area (Å²) in [5.74, 6) is -1.58. The molecule has 2 aromatic heterocycles. The van der Waals surface area contributed by atoms with E-state index in [2.05, 4.69) is 15.4 Å². The van der Waals surface area contributed by atoms with Crippen molar-refractivity contribution in [3.8, 4) is 0 Å². The van der Waals surface area contributed by atoms with Crippen LogP contribution >= 0.6 is 0 Å². The van der Waals surface area contributed by atoms with Gasteiger partial charge >= 0.3 is 0 Å². The number of hydrogen-bond acceptors (Lipinski definition) is 4. The van der Waals surface area contributed by atoms with Crippen LogP contribution in [-0.2, 0) is 0 Å². The quantitative estimate of drug-likeness (QED) is 0.706. The molecule has 4 rings (SSSR count). The van der Waals surface area contributed by atoms with Gasteiger partial charge in [0.2, 0.25) is 0 Å². The number of halogens is 2. The Balaban J connectivity index is 1.65. The van der Waals surface area contributed by atoms with Crippen molar-refractivity contribution in [1.82, 2.24) is 14.8 Å². The molecule has 0 radical (unpaired) electrons. The summed E-state index contributed by atoms with van der Waals surface area (Å²) >= 11 is 0. The number of pyridine rings is 1. The Labute approximate surface area is 171 Å². The SMILES string of the molecule is CC(F)c1ccc(N2CC(C)n3ncc(C(=O)Nc4cncc(F)c4)c3C2=O)cc1. The second kappa shape index (κ2) is 7.66. The van der Waals surface area contributed by atoms with Gasteiger partial charge in [0, 0.05) is 18.3 Å². The zero-order valence-electron chi connectivity index (χ0n) is 16.3. The van der Waals surface area contributed by atoms with Gasteiger partial charge in [-0.1, -0.05) is 12.1 Å². The predicted molar refractivity (Wildman–Crippen MR) is 107 cm³/mol. The number of carbonyl (C=O) groups is 2. The lowest BCUT2D eigenvalue weighted by Gasteiger charge is -2.32. The Bertz CT molecular complexity index is 1110. The fraction of sp³-hybridized carbons (Fsp3) is 0.238. The van der Waals surface area contributed by atoms with Gasteiger partial charge in [-0.3, -0.25) is 19.3 Å². The third-order valence-corrected chi connectivity index (χ3v) is 4.98. The fourth-order valence-electron chi connectivity index (χ4n) is 3.45. The largest absolute Gasteiger partial charge is 0.320 e. The van der Waals surface area contributed by atoms with Crippen LogP contribution in [0.4, 0.5) is 20.2 Å². The monoisotopic (exact) mass is 411 g/mol. The van der Waals surface area contributed by atoms with Gasteiger partial charge < -0.3 is 10.2 Å². The highest BCUT2D eigenvalue weighted by Gasteiger charge is 2.35. The molecule has 3 heterocycles. The molecule has 2 amide bonds. The Kier molecular flexibility index (Phi) is 5.03. The molecule has 0 spiro atoms. The average Bonchev–Trinajstić information content (AvgIpc) is 3.17. The van der Waals surface area contributed by atoms with Crippen molar-refractivity contribution in [2.75, 3.05) is 16.8 Å². The summed E-state index contributed by atoms with van der Waals surface area (Å²) in [4.78, 5) is 31.2. The molecule has 30 heavy (non-hydrogen) atoms.